The van der Waals surface area contributed by atoms with Crippen molar-refractivity contribution < 1.29 is 9.21 Å². The highest BCUT2D eigenvalue weighted by Gasteiger charge is 2.19. The lowest BCUT2D eigenvalue weighted by Gasteiger charge is -2.22. The third-order valence-electron chi connectivity index (χ3n) is 4.75. The zero-order chi connectivity index (χ0) is 18.6. The number of thiophene rings is 1. The lowest BCUT2D eigenvalue weighted by Crippen LogP contribution is -2.38. The lowest BCUT2D eigenvalue weighted by atomic mass is 10.2. The van der Waals surface area contributed by atoms with Crippen molar-refractivity contribution in [3.63, 3.8) is 0 Å². The second-order valence-corrected chi connectivity index (χ2v) is 7.65. The van der Waals surface area contributed by atoms with Gasteiger partial charge in [-0.25, -0.2) is 4.79 Å². The highest BCUT2D eigenvalue weighted by Crippen LogP contribution is 2.18. The van der Waals surface area contributed by atoms with Crippen molar-refractivity contribution in [2.24, 2.45) is 0 Å². The molecule has 1 N–H and O–H groups in total. The van der Waals surface area contributed by atoms with Crippen molar-refractivity contribution in [3.8, 4) is 0 Å². The fourth-order valence-electron chi connectivity index (χ4n) is 3.32. The molecule has 0 atom stereocenters. The first kappa shape index (κ1) is 17.8. The largest absolute Gasteiger partial charge is 0.464 e. The Labute approximate surface area is 161 Å². The van der Waals surface area contributed by atoms with Gasteiger partial charge in [-0.3, -0.25) is 9.69 Å². The van der Waals surface area contributed by atoms with Crippen LogP contribution in [0.5, 0.6) is 0 Å². The molecule has 3 aromatic rings. The van der Waals surface area contributed by atoms with Crippen molar-refractivity contribution in [1.29, 1.82) is 0 Å². The van der Waals surface area contributed by atoms with Gasteiger partial charge in [0.25, 0.3) is 0 Å². The van der Waals surface area contributed by atoms with Gasteiger partial charge in [0.2, 0.25) is 0 Å². The predicted molar refractivity (Wildman–Crippen MR) is 107 cm³/mol. The number of nitrogens with one attached hydrogen (secondary N) is 1. The minimum atomic E-state index is -0.132. The molecule has 1 fully saturated rings. The Morgan fingerprint density at radius 2 is 2.07 bits per heavy atom. The number of nitrogens with zero attached hydrogens (tertiary/aromatic N) is 2. The molecular formula is C20H21N3O3S. The standard InChI is InChI=1S/C20H21N3O3S/c24-18-6-11-26-19-5-4-15(13-17(18)19)21-20(25)23-8-2-7-22(9-10-23)14-16-3-1-12-27-16/h1,3-6,11-13H,2,7-10,14H2,(H,21,25). The Hall–Kier alpha value is -2.64. The van der Waals surface area contributed by atoms with Gasteiger partial charge in [0, 0.05) is 49.4 Å². The highest BCUT2D eigenvalue weighted by molar-refractivity contribution is 7.09. The number of carbonyl (C=O) groups is 1. The van der Waals surface area contributed by atoms with Gasteiger partial charge in [-0.05, 0) is 36.1 Å². The van der Waals surface area contributed by atoms with Crippen molar-refractivity contribution >= 4 is 34.0 Å². The number of benzene rings is 1. The maximum absolute atomic E-state index is 12.7. The summed E-state index contributed by atoms with van der Waals surface area (Å²) in [4.78, 5) is 30.2. The topological polar surface area (TPSA) is 65.8 Å². The van der Waals surface area contributed by atoms with E-state index in [1.54, 1.807) is 29.5 Å². The molecule has 2 amide bonds. The average molecular weight is 383 g/mol. The summed E-state index contributed by atoms with van der Waals surface area (Å²) in [7, 11) is 0. The Morgan fingerprint density at radius 3 is 2.93 bits per heavy atom. The van der Waals surface area contributed by atoms with Crippen LogP contribution >= 0.6 is 11.3 Å². The molecule has 1 aliphatic rings. The normalized spacial score (nSPS) is 15.6. The summed E-state index contributed by atoms with van der Waals surface area (Å²) in [6.45, 7) is 4.19. The van der Waals surface area contributed by atoms with E-state index in [0.717, 1.165) is 32.6 Å². The first-order valence-corrected chi connectivity index (χ1v) is 9.89. The van der Waals surface area contributed by atoms with Crippen molar-refractivity contribution in [3.05, 3.63) is 63.1 Å². The molecule has 27 heavy (non-hydrogen) atoms. The van der Waals surface area contributed by atoms with Crippen LogP contribution in [-0.2, 0) is 6.54 Å². The molecule has 0 aliphatic carbocycles. The molecule has 6 nitrogen and oxygen atoms in total. The Kier molecular flexibility index (Phi) is 5.22. The smallest absolute Gasteiger partial charge is 0.321 e. The van der Waals surface area contributed by atoms with Crippen LogP contribution in [-0.4, -0.2) is 42.0 Å². The Bertz CT molecular complexity index is 984. The van der Waals surface area contributed by atoms with Crippen LogP contribution in [0.15, 0.2) is 57.3 Å². The van der Waals surface area contributed by atoms with Gasteiger partial charge in [-0.1, -0.05) is 6.07 Å². The monoisotopic (exact) mass is 383 g/mol. The van der Waals surface area contributed by atoms with Gasteiger partial charge in [0.15, 0.2) is 5.43 Å². The average Bonchev–Trinajstić information content (AvgIpc) is 3.06. The van der Waals surface area contributed by atoms with E-state index in [0.29, 0.717) is 23.2 Å². The van der Waals surface area contributed by atoms with Crippen LogP contribution in [0.2, 0.25) is 0 Å². The van der Waals surface area contributed by atoms with Crippen LogP contribution in [0.1, 0.15) is 11.3 Å². The number of hydrogen-bond donors (Lipinski definition) is 1. The fourth-order valence-corrected chi connectivity index (χ4v) is 4.07. The fraction of sp³-hybridized carbons (Fsp3) is 0.300. The highest BCUT2D eigenvalue weighted by atomic mass is 32.1. The van der Waals surface area contributed by atoms with E-state index in [4.69, 9.17) is 4.42 Å². The first-order chi connectivity index (χ1) is 13.2. The molecule has 1 aromatic carbocycles. The minimum Gasteiger partial charge on any atom is -0.464 e. The van der Waals surface area contributed by atoms with Crippen molar-refractivity contribution in [2.75, 3.05) is 31.5 Å². The number of hydrogen-bond acceptors (Lipinski definition) is 5. The maximum atomic E-state index is 12.7. The summed E-state index contributed by atoms with van der Waals surface area (Å²) < 4.78 is 5.31. The van der Waals surface area contributed by atoms with Crippen LogP contribution in [0.4, 0.5) is 10.5 Å². The zero-order valence-electron chi connectivity index (χ0n) is 14.9. The Morgan fingerprint density at radius 1 is 1.15 bits per heavy atom. The van der Waals surface area contributed by atoms with E-state index in [1.165, 1.54) is 17.2 Å². The van der Waals surface area contributed by atoms with Crippen LogP contribution in [0.25, 0.3) is 11.0 Å². The summed E-state index contributed by atoms with van der Waals surface area (Å²) in [5.41, 5.74) is 0.997. The van der Waals surface area contributed by atoms with E-state index in [-0.39, 0.29) is 11.5 Å². The van der Waals surface area contributed by atoms with Gasteiger partial charge in [-0.2, -0.15) is 0 Å². The van der Waals surface area contributed by atoms with Crippen LogP contribution in [0.3, 0.4) is 0 Å². The molecule has 2 aromatic heterocycles. The van der Waals surface area contributed by atoms with E-state index >= 15 is 0 Å². The summed E-state index contributed by atoms with van der Waals surface area (Å²) in [5, 5.41) is 5.47. The first-order valence-electron chi connectivity index (χ1n) is 9.01. The summed E-state index contributed by atoms with van der Waals surface area (Å²) in [6.07, 6.45) is 2.32. The number of urea groups is 1. The summed E-state index contributed by atoms with van der Waals surface area (Å²) in [5.74, 6) is 0. The molecule has 0 radical (unpaired) electrons. The van der Waals surface area contributed by atoms with Gasteiger partial charge < -0.3 is 14.6 Å². The number of carbonyl (C=O) groups excluding carboxylic acids is 1. The van der Waals surface area contributed by atoms with E-state index in [2.05, 4.69) is 27.7 Å². The second kappa shape index (κ2) is 7.94. The lowest BCUT2D eigenvalue weighted by molar-refractivity contribution is 0.211. The number of anilines is 1. The van der Waals surface area contributed by atoms with Gasteiger partial charge >= 0.3 is 6.03 Å². The van der Waals surface area contributed by atoms with Gasteiger partial charge in [0.1, 0.15) is 5.58 Å². The second-order valence-electron chi connectivity index (χ2n) is 6.62. The number of rotatable bonds is 3. The van der Waals surface area contributed by atoms with Crippen LogP contribution < -0.4 is 10.7 Å². The molecule has 140 valence electrons. The summed E-state index contributed by atoms with van der Waals surface area (Å²) in [6, 6.07) is 10.6. The quantitative estimate of drug-likeness (QED) is 0.751. The minimum absolute atomic E-state index is 0.119. The van der Waals surface area contributed by atoms with E-state index in [1.807, 2.05) is 4.90 Å². The third-order valence-corrected chi connectivity index (χ3v) is 5.61. The molecule has 0 bridgehead atoms. The SMILES string of the molecule is O=C(Nc1ccc2occc(=O)c2c1)N1CCCN(Cc2cccs2)CC1. The summed E-state index contributed by atoms with van der Waals surface area (Å²) >= 11 is 1.77. The van der Waals surface area contributed by atoms with Crippen molar-refractivity contribution in [1.82, 2.24) is 9.80 Å². The van der Waals surface area contributed by atoms with Crippen molar-refractivity contribution in [2.45, 2.75) is 13.0 Å². The van der Waals surface area contributed by atoms with E-state index in [9.17, 15) is 9.59 Å². The molecular weight excluding hydrogens is 362 g/mol. The third kappa shape index (κ3) is 4.20. The molecule has 3 heterocycles. The molecule has 0 saturated carbocycles. The zero-order valence-corrected chi connectivity index (χ0v) is 15.7. The number of amides is 2. The van der Waals surface area contributed by atoms with Gasteiger partial charge in [-0.15, -0.1) is 11.3 Å². The van der Waals surface area contributed by atoms with Gasteiger partial charge in [0.05, 0.1) is 11.6 Å². The molecule has 4 rings (SSSR count). The van der Waals surface area contributed by atoms with E-state index < -0.39 is 0 Å². The predicted octanol–water partition coefficient (Wildman–Crippen LogP) is 3.59. The Balaban J connectivity index is 1.39. The molecule has 0 unspecified atom stereocenters. The van der Waals surface area contributed by atoms with Crippen LogP contribution in [0, 0.1) is 0 Å². The molecule has 7 heteroatoms. The maximum Gasteiger partial charge on any atom is 0.321 e. The molecule has 1 aliphatic heterocycles. The molecule has 0 spiro atoms. The molecule has 1 saturated heterocycles. The number of fused-ring (bicyclic) bond motifs is 1.